The molecule has 5 heteroatoms. The fourth-order valence-electron chi connectivity index (χ4n) is 3.79. The zero-order valence-corrected chi connectivity index (χ0v) is 13.0. The van der Waals surface area contributed by atoms with Gasteiger partial charge >= 0.3 is 0 Å². The van der Waals surface area contributed by atoms with Gasteiger partial charge in [0.25, 0.3) is 5.69 Å². The van der Waals surface area contributed by atoms with Gasteiger partial charge in [-0.2, -0.15) is 0 Å². The molecule has 1 aliphatic carbocycles. The number of hydrogen-bond donors (Lipinski definition) is 1. The Morgan fingerprint density at radius 2 is 2.04 bits per heavy atom. The van der Waals surface area contributed by atoms with Gasteiger partial charge in [-0.3, -0.25) is 10.1 Å². The van der Waals surface area contributed by atoms with Gasteiger partial charge in [0, 0.05) is 17.0 Å². The summed E-state index contributed by atoms with van der Waals surface area (Å²) in [6.45, 7) is 0. The highest BCUT2D eigenvalue weighted by Gasteiger charge is 2.40. The number of para-hydroxylation sites is 1. The van der Waals surface area contributed by atoms with Crippen LogP contribution in [0.1, 0.15) is 29.5 Å². The molecule has 0 fully saturated rings. The number of anilines is 1. The number of fused-ring (bicyclic) bond motifs is 3. The van der Waals surface area contributed by atoms with Gasteiger partial charge in [0.2, 0.25) is 0 Å². The molecule has 0 saturated carbocycles. The van der Waals surface area contributed by atoms with Crippen molar-refractivity contribution in [2.24, 2.45) is 5.92 Å². The maximum Gasteiger partial charge on any atom is 0.292 e. The number of halogens is 1. The first-order valence-corrected chi connectivity index (χ1v) is 7.99. The Morgan fingerprint density at radius 3 is 2.83 bits per heavy atom. The van der Waals surface area contributed by atoms with Crippen LogP contribution in [0.25, 0.3) is 0 Å². The summed E-state index contributed by atoms with van der Waals surface area (Å²) in [7, 11) is 0. The molecule has 116 valence electrons. The summed E-state index contributed by atoms with van der Waals surface area (Å²) >= 11 is 6.14. The largest absolute Gasteiger partial charge is 0.372 e. The summed E-state index contributed by atoms with van der Waals surface area (Å²) in [6.07, 6.45) is 5.30. The van der Waals surface area contributed by atoms with Gasteiger partial charge in [-0.15, -0.1) is 0 Å². The Labute approximate surface area is 138 Å². The molecule has 2 aromatic carbocycles. The minimum Gasteiger partial charge on any atom is -0.372 e. The van der Waals surface area contributed by atoms with E-state index in [9.17, 15) is 10.1 Å². The molecule has 0 unspecified atom stereocenters. The molecule has 23 heavy (non-hydrogen) atoms. The molecule has 0 bridgehead atoms. The van der Waals surface area contributed by atoms with E-state index in [1.54, 1.807) is 12.1 Å². The van der Waals surface area contributed by atoms with Gasteiger partial charge in [-0.1, -0.05) is 48.0 Å². The highest BCUT2D eigenvalue weighted by molar-refractivity contribution is 6.30. The summed E-state index contributed by atoms with van der Waals surface area (Å²) in [6, 6.07) is 13.0. The molecule has 0 amide bonds. The fourth-order valence-corrected chi connectivity index (χ4v) is 3.99. The second kappa shape index (κ2) is 5.39. The van der Waals surface area contributed by atoms with E-state index < -0.39 is 0 Å². The molecule has 1 N–H and O–H groups in total. The first kappa shape index (κ1) is 14.3. The number of allylic oxidation sites excluding steroid dienone is 2. The molecule has 1 heterocycles. The van der Waals surface area contributed by atoms with Crippen LogP contribution in [0, 0.1) is 16.0 Å². The lowest BCUT2D eigenvalue weighted by molar-refractivity contribution is -0.384. The van der Waals surface area contributed by atoms with Crippen molar-refractivity contribution in [3.8, 4) is 0 Å². The summed E-state index contributed by atoms with van der Waals surface area (Å²) in [5, 5.41) is 15.5. The van der Waals surface area contributed by atoms with E-state index in [1.807, 2.05) is 30.3 Å². The maximum atomic E-state index is 11.4. The van der Waals surface area contributed by atoms with Gasteiger partial charge in [0.05, 0.1) is 11.0 Å². The van der Waals surface area contributed by atoms with Gasteiger partial charge in [-0.05, 0) is 35.6 Å². The van der Waals surface area contributed by atoms with Crippen LogP contribution < -0.4 is 5.32 Å². The summed E-state index contributed by atoms with van der Waals surface area (Å²) in [4.78, 5) is 11.1. The van der Waals surface area contributed by atoms with Crippen molar-refractivity contribution in [1.29, 1.82) is 0 Å². The van der Waals surface area contributed by atoms with Crippen LogP contribution in [-0.4, -0.2) is 4.92 Å². The Kier molecular flexibility index (Phi) is 3.34. The predicted octanol–water partition coefficient (Wildman–Crippen LogP) is 5.07. The standard InChI is InChI=1S/C18H15ClN2O2/c19-12-5-1-4-11(10-12)17-14-7-2-6-13(14)15-8-3-9-16(21(22)23)18(15)20-17/h1-6,8-10,13-14,17,20H,7H2/t13-,14+,17-/m1/s1. The Hall–Kier alpha value is -2.33. The molecular weight excluding hydrogens is 312 g/mol. The Balaban J connectivity index is 1.85. The van der Waals surface area contributed by atoms with Crippen molar-refractivity contribution in [1.82, 2.24) is 0 Å². The third kappa shape index (κ3) is 2.30. The third-order valence-corrected chi connectivity index (χ3v) is 5.01. The smallest absolute Gasteiger partial charge is 0.292 e. The van der Waals surface area contributed by atoms with Crippen LogP contribution in [-0.2, 0) is 0 Å². The highest BCUT2D eigenvalue weighted by Crippen LogP contribution is 2.52. The monoisotopic (exact) mass is 326 g/mol. The first-order valence-electron chi connectivity index (χ1n) is 7.61. The van der Waals surface area contributed by atoms with Gasteiger partial charge in [0.15, 0.2) is 0 Å². The molecule has 2 aliphatic rings. The Morgan fingerprint density at radius 1 is 1.22 bits per heavy atom. The summed E-state index contributed by atoms with van der Waals surface area (Å²) < 4.78 is 0. The van der Waals surface area contributed by atoms with Crippen molar-refractivity contribution in [3.05, 3.63) is 80.9 Å². The lowest BCUT2D eigenvalue weighted by Crippen LogP contribution is -2.29. The van der Waals surface area contributed by atoms with E-state index in [0.29, 0.717) is 16.6 Å². The second-order valence-corrected chi connectivity index (χ2v) is 6.47. The molecular formula is C18H15ClN2O2. The number of nitrogens with one attached hydrogen (secondary N) is 1. The van der Waals surface area contributed by atoms with Crippen molar-refractivity contribution in [2.45, 2.75) is 18.4 Å². The molecule has 2 aromatic rings. The SMILES string of the molecule is O=[N+]([O-])c1cccc2c1N[C@H](c1cccc(Cl)c1)[C@H]1CC=C[C@@H]21. The van der Waals surface area contributed by atoms with Crippen LogP contribution in [0.15, 0.2) is 54.6 Å². The van der Waals surface area contributed by atoms with E-state index in [-0.39, 0.29) is 22.6 Å². The molecule has 0 spiro atoms. The lowest BCUT2D eigenvalue weighted by atomic mass is 9.77. The van der Waals surface area contributed by atoms with Crippen LogP contribution >= 0.6 is 11.6 Å². The Bertz CT molecular complexity index is 818. The number of rotatable bonds is 2. The minimum absolute atomic E-state index is 0.0160. The molecule has 1 aliphatic heterocycles. The van der Waals surface area contributed by atoms with E-state index in [4.69, 9.17) is 11.6 Å². The minimum atomic E-state index is -0.320. The van der Waals surface area contributed by atoms with Crippen LogP contribution in [0.3, 0.4) is 0 Å². The van der Waals surface area contributed by atoms with Gasteiger partial charge < -0.3 is 5.32 Å². The van der Waals surface area contributed by atoms with Gasteiger partial charge in [0.1, 0.15) is 5.69 Å². The van der Waals surface area contributed by atoms with E-state index in [1.165, 1.54) is 0 Å². The quantitative estimate of drug-likeness (QED) is 0.476. The summed E-state index contributed by atoms with van der Waals surface area (Å²) in [5.74, 6) is 0.554. The molecule has 4 rings (SSSR count). The van der Waals surface area contributed by atoms with Crippen molar-refractivity contribution in [3.63, 3.8) is 0 Å². The van der Waals surface area contributed by atoms with Crippen LogP contribution in [0.5, 0.6) is 0 Å². The first-order chi connectivity index (χ1) is 11.1. The number of nitrogens with zero attached hydrogens (tertiary/aromatic N) is 1. The van der Waals surface area contributed by atoms with E-state index in [2.05, 4.69) is 17.5 Å². The fraction of sp³-hybridized carbons (Fsp3) is 0.222. The summed E-state index contributed by atoms with van der Waals surface area (Å²) in [5.41, 5.74) is 2.85. The van der Waals surface area contributed by atoms with Crippen LogP contribution in [0.4, 0.5) is 11.4 Å². The normalized spacial score (nSPS) is 24.7. The molecule has 3 atom stereocenters. The van der Waals surface area contributed by atoms with Crippen molar-refractivity contribution < 1.29 is 4.92 Å². The number of nitro benzene ring substituents is 1. The number of nitro groups is 1. The zero-order chi connectivity index (χ0) is 16.0. The number of hydrogen-bond acceptors (Lipinski definition) is 3. The maximum absolute atomic E-state index is 11.4. The molecule has 4 nitrogen and oxygen atoms in total. The zero-order valence-electron chi connectivity index (χ0n) is 12.3. The molecule has 0 radical (unpaired) electrons. The van der Waals surface area contributed by atoms with Crippen molar-refractivity contribution in [2.75, 3.05) is 5.32 Å². The topological polar surface area (TPSA) is 55.2 Å². The molecule has 0 aromatic heterocycles. The second-order valence-electron chi connectivity index (χ2n) is 6.03. The van der Waals surface area contributed by atoms with E-state index in [0.717, 1.165) is 17.5 Å². The number of benzene rings is 2. The van der Waals surface area contributed by atoms with Gasteiger partial charge in [-0.25, -0.2) is 0 Å². The third-order valence-electron chi connectivity index (χ3n) is 4.78. The van der Waals surface area contributed by atoms with Crippen molar-refractivity contribution >= 4 is 23.0 Å². The van der Waals surface area contributed by atoms with E-state index >= 15 is 0 Å². The lowest BCUT2D eigenvalue weighted by Gasteiger charge is -2.37. The molecule has 0 saturated heterocycles. The average molecular weight is 327 g/mol. The van der Waals surface area contributed by atoms with Crippen LogP contribution in [0.2, 0.25) is 5.02 Å². The predicted molar refractivity (Wildman–Crippen MR) is 90.9 cm³/mol. The average Bonchev–Trinajstić information content (AvgIpc) is 3.03. The highest BCUT2D eigenvalue weighted by atomic mass is 35.5.